The third-order valence-corrected chi connectivity index (χ3v) is 8.31. The zero-order chi connectivity index (χ0) is 26.8. The van der Waals surface area contributed by atoms with Gasteiger partial charge in [0.25, 0.3) is 0 Å². The first kappa shape index (κ1) is 24.8. The first-order valence-electron chi connectivity index (χ1n) is 13.1. The second-order valence-electron chi connectivity index (χ2n) is 11.4. The molecule has 0 spiro atoms. The average molecular weight is 519 g/mol. The number of aliphatic carboxylic acids is 1. The van der Waals surface area contributed by atoms with E-state index in [1.54, 1.807) is 12.3 Å². The lowest BCUT2D eigenvalue weighted by Crippen LogP contribution is -2.43. The third kappa shape index (κ3) is 4.51. The number of aromatic nitrogens is 2. The Labute approximate surface area is 220 Å². The number of rotatable bonds is 8. The van der Waals surface area contributed by atoms with Crippen LogP contribution in [0.3, 0.4) is 0 Å². The predicted molar refractivity (Wildman–Crippen MR) is 138 cm³/mol. The number of benzene rings is 1. The summed E-state index contributed by atoms with van der Waals surface area (Å²) in [6, 6.07) is 8.93. The van der Waals surface area contributed by atoms with Gasteiger partial charge in [-0.3, -0.25) is 4.79 Å². The number of carboxylic acid groups (broad SMARTS) is 1. The van der Waals surface area contributed by atoms with Crippen LogP contribution in [0.5, 0.6) is 11.8 Å². The molecule has 0 radical (unpaired) electrons. The third-order valence-electron chi connectivity index (χ3n) is 8.31. The zero-order valence-corrected chi connectivity index (χ0v) is 21.7. The maximum Gasteiger partial charge on any atom is 0.307 e. The van der Waals surface area contributed by atoms with E-state index in [0.717, 1.165) is 46.4 Å². The quantitative estimate of drug-likeness (QED) is 0.433. The van der Waals surface area contributed by atoms with Gasteiger partial charge >= 0.3 is 5.97 Å². The topological polar surface area (TPSA) is 102 Å². The second-order valence-corrected chi connectivity index (χ2v) is 11.4. The number of hydrogen-bond donors (Lipinski definition) is 2. The van der Waals surface area contributed by atoms with Crippen LogP contribution in [-0.2, 0) is 17.8 Å². The van der Waals surface area contributed by atoms with Gasteiger partial charge in [-0.25, -0.2) is 14.4 Å². The Bertz CT molecular complexity index is 1430. The van der Waals surface area contributed by atoms with E-state index in [2.05, 4.69) is 9.97 Å². The molecule has 3 aliphatic carbocycles. The fourth-order valence-corrected chi connectivity index (χ4v) is 6.36. The first-order chi connectivity index (χ1) is 18.1. The molecule has 0 bridgehead atoms. The lowest BCUT2D eigenvalue weighted by Gasteiger charge is -2.40. The van der Waals surface area contributed by atoms with E-state index in [0.29, 0.717) is 36.3 Å². The molecule has 2 fully saturated rings. The summed E-state index contributed by atoms with van der Waals surface area (Å²) < 4.78 is 26.6. The van der Waals surface area contributed by atoms with Crippen molar-refractivity contribution in [3.05, 3.63) is 70.3 Å². The van der Waals surface area contributed by atoms with Crippen molar-refractivity contribution < 1.29 is 28.9 Å². The summed E-state index contributed by atoms with van der Waals surface area (Å²) >= 11 is 0. The van der Waals surface area contributed by atoms with Crippen molar-refractivity contribution in [2.75, 3.05) is 6.61 Å². The van der Waals surface area contributed by atoms with E-state index in [9.17, 15) is 19.4 Å². The van der Waals surface area contributed by atoms with Crippen LogP contribution in [0.15, 0.2) is 36.5 Å². The lowest BCUT2D eigenvalue weighted by atomic mass is 9.73. The number of carboxylic acids is 1. The molecule has 3 aromatic rings. The molecule has 2 N–H and O–H groups in total. The van der Waals surface area contributed by atoms with Crippen molar-refractivity contribution in [1.82, 2.24) is 9.97 Å². The van der Waals surface area contributed by atoms with E-state index in [-0.39, 0.29) is 30.2 Å². The van der Waals surface area contributed by atoms with Gasteiger partial charge in [-0.05, 0) is 92.3 Å². The number of fused-ring (bicyclic) bond motifs is 3. The highest BCUT2D eigenvalue weighted by molar-refractivity contribution is 5.77. The van der Waals surface area contributed by atoms with E-state index < -0.39 is 11.6 Å². The molecule has 7 nitrogen and oxygen atoms in total. The molecule has 6 rings (SSSR count). The van der Waals surface area contributed by atoms with Gasteiger partial charge in [0, 0.05) is 41.1 Å². The number of aliphatic hydroxyl groups is 1. The molecule has 1 aromatic carbocycles. The van der Waals surface area contributed by atoms with Crippen molar-refractivity contribution >= 4 is 5.97 Å². The van der Waals surface area contributed by atoms with Gasteiger partial charge in [-0.15, -0.1) is 0 Å². The van der Waals surface area contributed by atoms with E-state index >= 15 is 0 Å². The Balaban J connectivity index is 1.14. The highest BCUT2D eigenvalue weighted by atomic mass is 19.1. The minimum Gasteiger partial charge on any atom is -0.481 e. The maximum atomic E-state index is 14.9. The molecular formula is C30H31FN2O5. The summed E-state index contributed by atoms with van der Waals surface area (Å²) in [6.45, 7) is 6.16. The highest BCUT2D eigenvalue weighted by Crippen LogP contribution is 2.61. The molecule has 2 heterocycles. The largest absolute Gasteiger partial charge is 0.481 e. The number of pyridine rings is 2. The van der Waals surface area contributed by atoms with Gasteiger partial charge in [0.05, 0.1) is 18.1 Å². The fourth-order valence-electron chi connectivity index (χ4n) is 6.36. The fraction of sp³-hybridized carbons (Fsp3) is 0.433. The number of ether oxygens (including phenoxy) is 2. The van der Waals surface area contributed by atoms with Crippen LogP contribution in [0.4, 0.5) is 4.39 Å². The molecule has 0 aliphatic heterocycles. The molecule has 3 aliphatic rings. The van der Waals surface area contributed by atoms with Crippen molar-refractivity contribution in [1.29, 1.82) is 0 Å². The van der Waals surface area contributed by atoms with E-state index in [1.807, 2.05) is 39.0 Å². The van der Waals surface area contributed by atoms with Crippen LogP contribution in [0.1, 0.15) is 53.6 Å². The summed E-state index contributed by atoms with van der Waals surface area (Å²) in [5.41, 5.74) is 5.24. The van der Waals surface area contributed by atoms with Crippen LogP contribution in [0.2, 0.25) is 0 Å². The summed E-state index contributed by atoms with van der Waals surface area (Å²) in [5, 5.41) is 19.2. The van der Waals surface area contributed by atoms with Gasteiger partial charge < -0.3 is 19.7 Å². The molecule has 198 valence electrons. The van der Waals surface area contributed by atoms with Crippen LogP contribution in [-0.4, -0.2) is 38.4 Å². The molecule has 0 saturated heterocycles. The van der Waals surface area contributed by atoms with Crippen molar-refractivity contribution in [2.45, 2.75) is 58.2 Å². The van der Waals surface area contributed by atoms with Crippen molar-refractivity contribution in [3.8, 4) is 22.9 Å². The van der Waals surface area contributed by atoms with Crippen molar-refractivity contribution in [3.63, 3.8) is 0 Å². The number of nitrogens with zero attached hydrogens (tertiary/aromatic N) is 2. The van der Waals surface area contributed by atoms with Crippen LogP contribution in [0, 0.1) is 37.4 Å². The molecule has 0 unspecified atom stereocenters. The lowest BCUT2D eigenvalue weighted by molar-refractivity contribution is -0.139. The molecule has 0 amide bonds. The zero-order valence-electron chi connectivity index (χ0n) is 21.7. The Kier molecular flexibility index (Phi) is 5.90. The number of aryl methyl sites for hydroxylation is 2. The summed E-state index contributed by atoms with van der Waals surface area (Å²) in [5.74, 6) is 0.107. The number of hydrogen-bond acceptors (Lipinski definition) is 6. The van der Waals surface area contributed by atoms with E-state index in [4.69, 9.17) is 9.47 Å². The monoisotopic (exact) mass is 518 g/mol. The SMILES string of the molecule is Cc1cc(F)c(COc2cc3c(cn2)[C@H]2[C@@H](C3)[C@@H]2C(=O)O)cc1-c1ccc(OCC2CC(C)(O)C2)nc1C. The molecule has 3 atom stereocenters. The summed E-state index contributed by atoms with van der Waals surface area (Å²) in [4.78, 5) is 20.3. The minimum atomic E-state index is -0.743. The summed E-state index contributed by atoms with van der Waals surface area (Å²) in [6.07, 6.45) is 3.89. The van der Waals surface area contributed by atoms with Crippen molar-refractivity contribution in [2.24, 2.45) is 17.8 Å². The van der Waals surface area contributed by atoms with Gasteiger partial charge in [0.1, 0.15) is 12.4 Å². The second kappa shape index (κ2) is 9.05. The summed E-state index contributed by atoms with van der Waals surface area (Å²) in [7, 11) is 0. The predicted octanol–water partition coefficient (Wildman–Crippen LogP) is 4.99. The van der Waals surface area contributed by atoms with Crippen LogP contribution in [0.25, 0.3) is 11.1 Å². The molecule has 2 aromatic heterocycles. The minimum absolute atomic E-state index is 0.0222. The highest BCUT2D eigenvalue weighted by Gasteiger charge is 2.59. The Morgan fingerprint density at radius 2 is 1.92 bits per heavy atom. The molecule has 38 heavy (non-hydrogen) atoms. The smallest absolute Gasteiger partial charge is 0.307 e. The standard InChI is InChI=1S/C30H31FN2O5/c1-15-6-24(31)19(14-38-26-9-18-7-22-27(23(18)12-32-26)28(22)29(34)35)8-21(15)20-4-5-25(33-16(20)2)37-13-17-10-30(3,36)11-17/h4-6,8-9,12,17,22,27-28,36H,7,10-11,13-14H2,1-3H3,(H,34,35)/t17?,22-,27-,28+,30?/m1/s1. The molecule has 2 saturated carbocycles. The molecule has 8 heteroatoms. The van der Waals surface area contributed by atoms with Crippen LogP contribution >= 0.6 is 0 Å². The normalized spacial score (nSPS) is 26.8. The average Bonchev–Trinajstić information content (AvgIpc) is 3.44. The van der Waals surface area contributed by atoms with Gasteiger partial charge in [-0.1, -0.05) is 0 Å². The molecular weight excluding hydrogens is 487 g/mol. The Morgan fingerprint density at radius 3 is 2.63 bits per heavy atom. The van der Waals surface area contributed by atoms with Gasteiger partial charge in [0.15, 0.2) is 0 Å². The number of halogens is 1. The maximum absolute atomic E-state index is 14.9. The first-order valence-corrected chi connectivity index (χ1v) is 13.1. The van der Waals surface area contributed by atoms with Gasteiger partial charge in [0.2, 0.25) is 11.8 Å². The Morgan fingerprint density at radius 1 is 1.13 bits per heavy atom. The Hall–Kier alpha value is -3.52. The van der Waals surface area contributed by atoms with E-state index in [1.165, 1.54) is 6.07 Å². The van der Waals surface area contributed by atoms with Gasteiger partial charge in [-0.2, -0.15) is 0 Å². The van der Waals surface area contributed by atoms with Crippen LogP contribution < -0.4 is 9.47 Å². The number of carbonyl (C=O) groups is 1.